The van der Waals surface area contributed by atoms with E-state index in [0.717, 1.165) is 37.3 Å². The Balaban J connectivity index is 1.97. The lowest BCUT2D eigenvalue weighted by Crippen LogP contribution is -2.19. The predicted octanol–water partition coefficient (Wildman–Crippen LogP) is 2.14. The van der Waals surface area contributed by atoms with Crippen LogP contribution in [-0.2, 0) is 9.53 Å². The minimum Gasteiger partial charge on any atom is -0.381 e. The van der Waals surface area contributed by atoms with Gasteiger partial charge in [-0.25, -0.2) is 0 Å². The minimum absolute atomic E-state index is 0.110. The third-order valence-electron chi connectivity index (χ3n) is 2.85. The molecule has 0 aromatic carbocycles. The highest BCUT2D eigenvalue weighted by Gasteiger charge is 2.16. The molecular formula is C13H19N3O2. The monoisotopic (exact) mass is 249 g/mol. The minimum atomic E-state index is -0.110. The number of amides is 1. The van der Waals surface area contributed by atoms with Crippen molar-refractivity contribution in [1.82, 2.24) is 9.78 Å². The fourth-order valence-electron chi connectivity index (χ4n) is 1.99. The highest BCUT2D eigenvalue weighted by molar-refractivity contribution is 5.99. The molecule has 1 N–H and O–H groups in total. The van der Waals surface area contributed by atoms with Gasteiger partial charge in [0, 0.05) is 25.5 Å². The predicted molar refractivity (Wildman–Crippen MR) is 69.4 cm³/mol. The number of anilines is 1. The molecule has 5 heteroatoms. The molecular weight excluding hydrogens is 230 g/mol. The highest BCUT2D eigenvalue weighted by Crippen LogP contribution is 2.21. The van der Waals surface area contributed by atoms with Gasteiger partial charge in [0.15, 0.2) is 0 Å². The Hall–Kier alpha value is -1.62. The lowest BCUT2D eigenvalue weighted by atomic mass is 10.1. The van der Waals surface area contributed by atoms with Crippen molar-refractivity contribution in [2.24, 2.45) is 0 Å². The zero-order chi connectivity index (χ0) is 13.0. The number of ether oxygens (including phenoxy) is 1. The number of allylic oxidation sites excluding steroid dienone is 1. The molecule has 0 atom stereocenters. The van der Waals surface area contributed by atoms with E-state index in [2.05, 4.69) is 10.4 Å². The summed E-state index contributed by atoms with van der Waals surface area (Å²) in [6.07, 6.45) is 7.09. The van der Waals surface area contributed by atoms with E-state index in [-0.39, 0.29) is 5.91 Å². The van der Waals surface area contributed by atoms with Gasteiger partial charge in [0.2, 0.25) is 5.91 Å². The summed E-state index contributed by atoms with van der Waals surface area (Å²) in [5, 5.41) is 7.10. The van der Waals surface area contributed by atoms with Crippen molar-refractivity contribution in [2.45, 2.75) is 32.7 Å². The summed E-state index contributed by atoms with van der Waals surface area (Å²) in [6.45, 7) is 5.35. The summed E-state index contributed by atoms with van der Waals surface area (Å²) >= 11 is 0. The van der Waals surface area contributed by atoms with Gasteiger partial charge in [-0.15, -0.1) is 0 Å². The molecule has 1 aromatic heterocycles. The van der Waals surface area contributed by atoms with Crippen molar-refractivity contribution in [3.05, 3.63) is 24.0 Å². The van der Waals surface area contributed by atoms with Crippen LogP contribution < -0.4 is 5.32 Å². The largest absolute Gasteiger partial charge is 0.381 e. The molecule has 0 saturated carbocycles. The Labute approximate surface area is 107 Å². The number of nitrogens with zero attached hydrogens (tertiary/aromatic N) is 2. The van der Waals surface area contributed by atoms with Gasteiger partial charge < -0.3 is 10.1 Å². The van der Waals surface area contributed by atoms with Gasteiger partial charge in [-0.05, 0) is 26.7 Å². The first kappa shape index (κ1) is 12.8. The Kier molecular flexibility index (Phi) is 4.15. The van der Waals surface area contributed by atoms with Gasteiger partial charge in [0.1, 0.15) is 0 Å². The van der Waals surface area contributed by atoms with E-state index in [4.69, 9.17) is 4.74 Å². The molecule has 0 aliphatic carbocycles. The van der Waals surface area contributed by atoms with Crippen molar-refractivity contribution in [2.75, 3.05) is 18.5 Å². The quantitative estimate of drug-likeness (QED) is 0.835. The second-order valence-corrected chi connectivity index (χ2v) is 4.76. The van der Waals surface area contributed by atoms with Crippen LogP contribution in [0.15, 0.2) is 24.0 Å². The summed E-state index contributed by atoms with van der Waals surface area (Å²) in [5.74, 6) is -0.110. The van der Waals surface area contributed by atoms with Gasteiger partial charge in [0.05, 0.1) is 17.9 Å². The van der Waals surface area contributed by atoms with Crippen molar-refractivity contribution >= 4 is 11.6 Å². The van der Waals surface area contributed by atoms with E-state index in [0.29, 0.717) is 6.04 Å². The molecule has 1 aliphatic rings. The second-order valence-electron chi connectivity index (χ2n) is 4.76. The molecule has 0 unspecified atom stereocenters. The highest BCUT2D eigenvalue weighted by atomic mass is 16.5. The fraction of sp³-hybridized carbons (Fsp3) is 0.538. The molecule has 1 aliphatic heterocycles. The first-order valence-corrected chi connectivity index (χ1v) is 6.23. The molecule has 0 bridgehead atoms. The SMILES string of the molecule is CC(C)=CC(=O)Nc1cnn(C2CCOCC2)c1. The molecule has 0 spiro atoms. The number of hydrogen-bond donors (Lipinski definition) is 1. The van der Waals surface area contributed by atoms with Crippen LogP contribution in [0.2, 0.25) is 0 Å². The molecule has 98 valence electrons. The van der Waals surface area contributed by atoms with Gasteiger partial charge in [0.25, 0.3) is 0 Å². The van der Waals surface area contributed by atoms with Crippen molar-refractivity contribution in [1.29, 1.82) is 0 Å². The molecule has 18 heavy (non-hydrogen) atoms. The Morgan fingerprint density at radius 3 is 2.89 bits per heavy atom. The van der Waals surface area contributed by atoms with Crippen LogP contribution in [0.25, 0.3) is 0 Å². The molecule has 2 heterocycles. The smallest absolute Gasteiger partial charge is 0.248 e. The summed E-state index contributed by atoms with van der Waals surface area (Å²) in [7, 11) is 0. The normalized spacial score (nSPS) is 16.3. The maximum Gasteiger partial charge on any atom is 0.248 e. The topological polar surface area (TPSA) is 56.2 Å². The van der Waals surface area contributed by atoms with E-state index in [9.17, 15) is 4.79 Å². The van der Waals surface area contributed by atoms with Crippen LogP contribution >= 0.6 is 0 Å². The van der Waals surface area contributed by atoms with Gasteiger partial charge in [-0.1, -0.05) is 5.57 Å². The first-order valence-electron chi connectivity index (χ1n) is 6.23. The average Bonchev–Trinajstić information content (AvgIpc) is 2.77. The number of carbonyl (C=O) groups excluding carboxylic acids is 1. The van der Waals surface area contributed by atoms with E-state index >= 15 is 0 Å². The van der Waals surface area contributed by atoms with Crippen LogP contribution in [0.4, 0.5) is 5.69 Å². The Morgan fingerprint density at radius 1 is 1.50 bits per heavy atom. The Morgan fingerprint density at radius 2 is 2.22 bits per heavy atom. The van der Waals surface area contributed by atoms with Crippen LogP contribution in [0.5, 0.6) is 0 Å². The number of carbonyl (C=O) groups is 1. The summed E-state index contributed by atoms with van der Waals surface area (Å²) in [5.41, 5.74) is 1.72. The second kappa shape index (κ2) is 5.82. The number of hydrogen-bond acceptors (Lipinski definition) is 3. The molecule has 1 amide bonds. The number of aromatic nitrogens is 2. The van der Waals surface area contributed by atoms with Gasteiger partial charge >= 0.3 is 0 Å². The maximum atomic E-state index is 11.6. The van der Waals surface area contributed by atoms with Crippen molar-refractivity contribution < 1.29 is 9.53 Å². The van der Waals surface area contributed by atoms with Gasteiger partial charge in [-0.2, -0.15) is 5.10 Å². The maximum absolute atomic E-state index is 11.6. The third kappa shape index (κ3) is 3.43. The lowest BCUT2D eigenvalue weighted by molar-refractivity contribution is -0.111. The summed E-state index contributed by atoms with van der Waals surface area (Å²) in [4.78, 5) is 11.6. The average molecular weight is 249 g/mol. The van der Waals surface area contributed by atoms with Crippen LogP contribution in [0.1, 0.15) is 32.7 Å². The zero-order valence-corrected chi connectivity index (χ0v) is 10.8. The zero-order valence-electron chi connectivity index (χ0n) is 10.8. The number of rotatable bonds is 3. The number of nitrogens with one attached hydrogen (secondary N) is 1. The lowest BCUT2D eigenvalue weighted by Gasteiger charge is -2.22. The van der Waals surface area contributed by atoms with Gasteiger partial charge in [-0.3, -0.25) is 9.48 Å². The van der Waals surface area contributed by atoms with Crippen molar-refractivity contribution in [3.63, 3.8) is 0 Å². The molecule has 1 saturated heterocycles. The molecule has 2 rings (SSSR count). The molecule has 1 fully saturated rings. The standard InChI is InChI=1S/C13H19N3O2/c1-10(2)7-13(17)15-11-8-14-16(9-11)12-3-5-18-6-4-12/h7-9,12H,3-6H2,1-2H3,(H,15,17). The molecule has 1 aromatic rings. The fourth-order valence-corrected chi connectivity index (χ4v) is 1.99. The summed E-state index contributed by atoms with van der Waals surface area (Å²) in [6, 6.07) is 0.382. The first-order chi connectivity index (χ1) is 8.65. The third-order valence-corrected chi connectivity index (χ3v) is 2.85. The Bertz CT molecular complexity index is 441. The van der Waals surface area contributed by atoms with E-state index in [1.165, 1.54) is 0 Å². The van der Waals surface area contributed by atoms with E-state index in [1.54, 1.807) is 12.3 Å². The van der Waals surface area contributed by atoms with Crippen LogP contribution in [0, 0.1) is 0 Å². The van der Waals surface area contributed by atoms with Crippen LogP contribution in [-0.4, -0.2) is 28.9 Å². The molecule has 5 nitrogen and oxygen atoms in total. The van der Waals surface area contributed by atoms with E-state index in [1.807, 2.05) is 24.7 Å². The summed E-state index contributed by atoms with van der Waals surface area (Å²) < 4.78 is 7.23. The van der Waals surface area contributed by atoms with E-state index < -0.39 is 0 Å². The van der Waals surface area contributed by atoms with Crippen molar-refractivity contribution in [3.8, 4) is 0 Å². The molecule has 0 radical (unpaired) electrons. The van der Waals surface area contributed by atoms with Crippen LogP contribution in [0.3, 0.4) is 0 Å².